The van der Waals surface area contributed by atoms with Crippen molar-refractivity contribution in [1.29, 1.82) is 0 Å². The van der Waals surface area contributed by atoms with E-state index in [2.05, 4.69) is 25.7 Å². The molecule has 1 atom stereocenters. The van der Waals surface area contributed by atoms with Gasteiger partial charge in [0.15, 0.2) is 11.6 Å². The highest BCUT2D eigenvalue weighted by atomic mass is 19.1. The Morgan fingerprint density at radius 1 is 1.03 bits per heavy atom. The highest BCUT2D eigenvalue weighted by Crippen LogP contribution is 2.33. The van der Waals surface area contributed by atoms with Gasteiger partial charge in [0.25, 0.3) is 0 Å². The summed E-state index contributed by atoms with van der Waals surface area (Å²) < 4.78 is 22.3. The Kier molecular flexibility index (Phi) is 7.82. The van der Waals surface area contributed by atoms with Crippen LogP contribution in [0.2, 0.25) is 0 Å². The first kappa shape index (κ1) is 23.0. The SMILES string of the molecule is CCc1nn(-c2ccccc2)c(Oc2ccccc2F)c1CN(CC(C)C)CC(C)O. The molecular weight excluding hydrogens is 393 g/mol. The number of ether oxygens (including phenoxy) is 1. The molecule has 0 aliphatic rings. The minimum Gasteiger partial charge on any atom is -0.435 e. The van der Waals surface area contributed by atoms with Crippen molar-refractivity contribution in [1.82, 2.24) is 14.7 Å². The van der Waals surface area contributed by atoms with E-state index in [4.69, 9.17) is 9.84 Å². The van der Waals surface area contributed by atoms with Crippen LogP contribution in [0.3, 0.4) is 0 Å². The number of aliphatic hydroxyl groups is 1. The van der Waals surface area contributed by atoms with Gasteiger partial charge in [-0.25, -0.2) is 9.07 Å². The summed E-state index contributed by atoms with van der Waals surface area (Å²) in [6.07, 6.45) is 0.261. The molecule has 1 N–H and O–H groups in total. The lowest BCUT2D eigenvalue weighted by Gasteiger charge is -2.26. The van der Waals surface area contributed by atoms with Crippen molar-refractivity contribution >= 4 is 0 Å². The average molecular weight is 426 g/mol. The fraction of sp³-hybridized carbons (Fsp3) is 0.400. The van der Waals surface area contributed by atoms with Crippen LogP contribution < -0.4 is 4.74 Å². The van der Waals surface area contributed by atoms with Gasteiger partial charge in [-0.05, 0) is 43.5 Å². The Balaban J connectivity index is 2.09. The van der Waals surface area contributed by atoms with Crippen molar-refractivity contribution in [3.63, 3.8) is 0 Å². The maximum Gasteiger partial charge on any atom is 0.227 e. The van der Waals surface area contributed by atoms with E-state index in [1.165, 1.54) is 6.07 Å². The van der Waals surface area contributed by atoms with Crippen LogP contribution in [0, 0.1) is 11.7 Å². The van der Waals surface area contributed by atoms with Gasteiger partial charge in [0, 0.05) is 19.6 Å². The molecule has 6 heteroatoms. The van der Waals surface area contributed by atoms with Crippen molar-refractivity contribution in [2.75, 3.05) is 13.1 Å². The second-order valence-electron chi connectivity index (χ2n) is 8.30. The van der Waals surface area contributed by atoms with Crippen LogP contribution in [0.25, 0.3) is 5.69 Å². The molecule has 1 aromatic heterocycles. The third kappa shape index (κ3) is 5.93. The van der Waals surface area contributed by atoms with E-state index in [1.54, 1.807) is 29.8 Å². The molecular formula is C25H32FN3O2. The van der Waals surface area contributed by atoms with Crippen molar-refractivity contribution in [3.05, 3.63) is 71.7 Å². The smallest absolute Gasteiger partial charge is 0.227 e. The third-order valence-electron chi connectivity index (χ3n) is 4.93. The third-order valence-corrected chi connectivity index (χ3v) is 4.93. The lowest BCUT2D eigenvalue weighted by atomic mass is 10.1. The molecule has 0 bridgehead atoms. The predicted molar refractivity (Wildman–Crippen MR) is 121 cm³/mol. The quantitative estimate of drug-likeness (QED) is 0.485. The van der Waals surface area contributed by atoms with E-state index in [-0.39, 0.29) is 5.75 Å². The topological polar surface area (TPSA) is 50.5 Å². The van der Waals surface area contributed by atoms with Gasteiger partial charge in [-0.2, -0.15) is 5.10 Å². The standard InChI is InChI=1S/C25H32FN3O2/c1-5-23-21(17-28(15-18(2)3)16-19(4)30)25(31-24-14-10-9-13-22(24)26)29(27-23)20-11-7-6-8-12-20/h6-14,18-19,30H,5,15-17H2,1-4H3. The average Bonchev–Trinajstić information content (AvgIpc) is 3.06. The van der Waals surface area contributed by atoms with Crippen LogP contribution in [0.5, 0.6) is 11.6 Å². The fourth-order valence-corrected chi connectivity index (χ4v) is 3.72. The maximum absolute atomic E-state index is 14.4. The van der Waals surface area contributed by atoms with E-state index in [0.29, 0.717) is 31.3 Å². The Morgan fingerprint density at radius 3 is 2.32 bits per heavy atom. The zero-order chi connectivity index (χ0) is 22.4. The second-order valence-corrected chi connectivity index (χ2v) is 8.30. The van der Waals surface area contributed by atoms with Crippen LogP contribution >= 0.6 is 0 Å². The molecule has 0 saturated carbocycles. The minimum atomic E-state index is -0.455. The van der Waals surface area contributed by atoms with Gasteiger partial charge in [-0.1, -0.05) is 51.1 Å². The Hall–Kier alpha value is -2.70. The number of hydrogen-bond acceptors (Lipinski definition) is 4. The largest absolute Gasteiger partial charge is 0.435 e. The van der Waals surface area contributed by atoms with Crippen molar-refractivity contribution < 1.29 is 14.2 Å². The Labute approximate surface area is 184 Å². The molecule has 1 heterocycles. The summed E-state index contributed by atoms with van der Waals surface area (Å²) in [4.78, 5) is 2.20. The molecule has 1 unspecified atom stereocenters. The number of halogens is 1. The number of rotatable bonds is 10. The Bertz CT molecular complexity index is 960. The van der Waals surface area contributed by atoms with Gasteiger partial charge in [0.1, 0.15) is 0 Å². The first-order valence-electron chi connectivity index (χ1n) is 10.9. The van der Waals surface area contributed by atoms with Crippen molar-refractivity contribution in [2.45, 2.75) is 46.8 Å². The van der Waals surface area contributed by atoms with Crippen molar-refractivity contribution in [2.24, 2.45) is 5.92 Å². The summed E-state index contributed by atoms with van der Waals surface area (Å²) in [5.41, 5.74) is 2.66. The summed E-state index contributed by atoms with van der Waals surface area (Å²) in [6.45, 7) is 10.1. The van der Waals surface area contributed by atoms with Gasteiger partial charge in [-0.15, -0.1) is 0 Å². The minimum absolute atomic E-state index is 0.162. The van der Waals surface area contributed by atoms with Gasteiger partial charge < -0.3 is 9.84 Å². The highest BCUT2D eigenvalue weighted by Gasteiger charge is 2.24. The molecule has 2 aromatic carbocycles. The maximum atomic E-state index is 14.4. The number of aliphatic hydroxyl groups excluding tert-OH is 1. The molecule has 3 rings (SSSR count). The summed E-state index contributed by atoms with van der Waals surface area (Å²) in [7, 11) is 0. The summed E-state index contributed by atoms with van der Waals surface area (Å²) in [6, 6.07) is 16.1. The fourth-order valence-electron chi connectivity index (χ4n) is 3.72. The molecule has 0 fully saturated rings. The first-order chi connectivity index (χ1) is 14.9. The van der Waals surface area contributed by atoms with E-state index in [1.807, 2.05) is 30.3 Å². The lowest BCUT2D eigenvalue weighted by molar-refractivity contribution is 0.114. The molecule has 0 radical (unpaired) electrons. The lowest BCUT2D eigenvalue weighted by Crippen LogP contribution is -2.33. The molecule has 0 aliphatic heterocycles. The van der Waals surface area contributed by atoms with Gasteiger partial charge in [0.2, 0.25) is 5.88 Å². The summed E-state index contributed by atoms with van der Waals surface area (Å²) in [5, 5.41) is 14.8. The van der Waals surface area contributed by atoms with E-state index in [0.717, 1.165) is 23.5 Å². The van der Waals surface area contributed by atoms with Crippen LogP contribution in [-0.4, -0.2) is 39.0 Å². The second kappa shape index (κ2) is 10.6. The number of aromatic nitrogens is 2. The Morgan fingerprint density at radius 2 is 1.71 bits per heavy atom. The summed E-state index contributed by atoms with van der Waals surface area (Å²) >= 11 is 0. The van der Waals surface area contributed by atoms with Crippen LogP contribution in [-0.2, 0) is 13.0 Å². The van der Waals surface area contributed by atoms with Crippen LogP contribution in [0.4, 0.5) is 4.39 Å². The normalized spacial score (nSPS) is 12.5. The molecule has 0 spiro atoms. The predicted octanol–water partition coefficient (Wildman–Crippen LogP) is 5.20. The van der Waals surface area contributed by atoms with Crippen molar-refractivity contribution in [3.8, 4) is 17.3 Å². The van der Waals surface area contributed by atoms with Gasteiger partial charge in [-0.3, -0.25) is 4.90 Å². The van der Waals surface area contributed by atoms with Crippen LogP contribution in [0.15, 0.2) is 54.6 Å². The van der Waals surface area contributed by atoms with Gasteiger partial charge in [0.05, 0.1) is 23.0 Å². The zero-order valence-corrected chi connectivity index (χ0v) is 18.8. The number of hydrogen-bond donors (Lipinski definition) is 1. The zero-order valence-electron chi connectivity index (χ0n) is 18.8. The highest BCUT2D eigenvalue weighted by molar-refractivity contribution is 5.44. The molecule has 0 amide bonds. The van der Waals surface area contributed by atoms with E-state index < -0.39 is 11.9 Å². The number of nitrogens with zero attached hydrogens (tertiary/aromatic N) is 3. The molecule has 31 heavy (non-hydrogen) atoms. The van der Waals surface area contributed by atoms with E-state index >= 15 is 0 Å². The molecule has 0 saturated heterocycles. The molecule has 3 aromatic rings. The number of para-hydroxylation sites is 2. The molecule has 0 aliphatic carbocycles. The summed E-state index contributed by atoms with van der Waals surface area (Å²) in [5.74, 6) is 0.682. The molecule has 166 valence electrons. The van der Waals surface area contributed by atoms with Gasteiger partial charge >= 0.3 is 0 Å². The first-order valence-corrected chi connectivity index (χ1v) is 10.9. The monoisotopic (exact) mass is 425 g/mol. The van der Waals surface area contributed by atoms with E-state index in [9.17, 15) is 9.50 Å². The van der Waals surface area contributed by atoms with Crippen LogP contribution in [0.1, 0.15) is 39.0 Å². The number of benzene rings is 2. The number of aryl methyl sites for hydroxylation is 1. The molecule has 5 nitrogen and oxygen atoms in total.